The van der Waals surface area contributed by atoms with E-state index in [1.807, 2.05) is 6.92 Å². The molecule has 1 saturated heterocycles. The number of imidazole rings is 1. The molecule has 1 fully saturated rings. The van der Waals surface area contributed by atoms with Crippen LogP contribution in [-0.2, 0) is 33.8 Å². The summed E-state index contributed by atoms with van der Waals surface area (Å²) in [5.74, 6) is 1.76. The van der Waals surface area contributed by atoms with Crippen molar-refractivity contribution in [2.45, 2.75) is 51.4 Å². The van der Waals surface area contributed by atoms with Crippen molar-refractivity contribution in [2.24, 2.45) is 0 Å². The Labute approximate surface area is 254 Å². The maximum atomic E-state index is 12.4. The molecule has 0 aromatic carbocycles. The van der Waals surface area contributed by atoms with E-state index >= 15 is 0 Å². The number of nitrogens with two attached hydrogens (primary N) is 2. The second kappa shape index (κ2) is 13.0. The van der Waals surface area contributed by atoms with Gasteiger partial charge in [0.15, 0.2) is 17.7 Å². The van der Waals surface area contributed by atoms with Crippen molar-refractivity contribution in [3.8, 4) is 0 Å². The van der Waals surface area contributed by atoms with Gasteiger partial charge in [0.05, 0.1) is 25.1 Å². The van der Waals surface area contributed by atoms with Gasteiger partial charge in [-0.05, 0) is 6.92 Å². The third-order valence-corrected chi connectivity index (χ3v) is 11.0. The summed E-state index contributed by atoms with van der Waals surface area (Å²) in [6.07, 6.45) is -1.26. The molecule has 44 heavy (non-hydrogen) atoms. The fourth-order valence-corrected chi connectivity index (χ4v) is 7.99. The molecule has 2 aliphatic heterocycles. The number of rotatable bonds is 12. The third kappa shape index (κ3) is 7.28. The van der Waals surface area contributed by atoms with Crippen LogP contribution in [0.2, 0.25) is 0 Å². The highest BCUT2D eigenvalue weighted by atomic mass is 32.2. The fourth-order valence-electron chi connectivity index (χ4n) is 4.66. The van der Waals surface area contributed by atoms with E-state index in [4.69, 9.17) is 25.3 Å². The van der Waals surface area contributed by atoms with E-state index < -0.39 is 46.8 Å². The summed E-state index contributed by atoms with van der Waals surface area (Å²) in [6.45, 7) is 3.15. The van der Waals surface area contributed by atoms with E-state index in [2.05, 4.69) is 29.2 Å². The lowest BCUT2D eigenvalue weighted by Crippen LogP contribution is -3.06. The molecule has 0 bridgehead atoms. The van der Waals surface area contributed by atoms with Gasteiger partial charge in [-0.15, -0.1) is 0 Å². The molecular formula is C22H32N9O10P2S+. The molecule has 0 aliphatic carbocycles. The van der Waals surface area contributed by atoms with Gasteiger partial charge in [0.1, 0.15) is 59.9 Å². The zero-order valence-electron chi connectivity index (χ0n) is 23.5. The van der Waals surface area contributed by atoms with Crippen LogP contribution in [0.3, 0.4) is 0 Å². The van der Waals surface area contributed by atoms with Crippen molar-refractivity contribution >= 4 is 50.2 Å². The van der Waals surface area contributed by atoms with E-state index in [9.17, 15) is 29.1 Å². The maximum absolute atomic E-state index is 12.4. The number of anilines is 2. The summed E-state index contributed by atoms with van der Waals surface area (Å²) in [4.78, 5) is 42.4. The molecule has 0 amide bonds. The molecule has 0 spiro atoms. The fraction of sp³-hybridized carbons (Fsp3) is 0.500. The maximum Gasteiger partial charge on any atom is 0.481 e. The van der Waals surface area contributed by atoms with Crippen LogP contribution in [0.5, 0.6) is 0 Å². The highest BCUT2D eigenvalue weighted by Gasteiger charge is 2.46. The minimum Gasteiger partial charge on any atom is -0.387 e. The number of quaternary nitrogens is 1. The van der Waals surface area contributed by atoms with E-state index in [0.717, 1.165) is 21.1 Å². The summed E-state index contributed by atoms with van der Waals surface area (Å²) in [7, 11) is -10.2. The number of hydrogen-bond acceptors (Lipinski definition) is 16. The number of thioether (sulfide) groups is 1. The van der Waals surface area contributed by atoms with Crippen molar-refractivity contribution in [1.29, 1.82) is 0 Å². The summed E-state index contributed by atoms with van der Waals surface area (Å²) in [5.41, 5.74) is 14.0. The second-order valence-electron chi connectivity index (χ2n) is 9.97. The summed E-state index contributed by atoms with van der Waals surface area (Å²) in [6, 6.07) is 0. The smallest absolute Gasteiger partial charge is 0.387 e. The number of aryl methyl sites for hydroxylation is 1. The SMILES string of the molecule is CC1=C(CCOP(=O)(O)OP(=O)(O)OC[C@H]2O[C@@H](n3cnc4c(N)ncnc43)[C@@H](O)[C@H]2O)SC[NH+]1Cc1cnc(C)nc1N. The van der Waals surface area contributed by atoms with Gasteiger partial charge in [0.2, 0.25) is 0 Å². The van der Waals surface area contributed by atoms with Crippen molar-refractivity contribution in [1.82, 2.24) is 29.5 Å². The van der Waals surface area contributed by atoms with Crippen LogP contribution in [0.4, 0.5) is 11.6 Å². The Bertz CT molecular complexity index is 1660. The molecule has 9 N–H and O–H groups in total. The number of aliphatic hydroxyl groups is 2. The first kappa shape index (κ1) is 32.8. The normalized spacial score (nSPS) is 26.7. The summed E-state index contributed by atoms with van der Waals surface area (Å²) >= 11 is 1.54. The van der Waals surface area contributed by atoms with Gasteiger partial charge < -0.3 is 36.2 Å². The quantitative estimate of drug-likeness (QED) is 0.118. The highest BCUT2D eigenvalue weighted by Crippen LogP contribution is 2.60. The largest absolute Gasteiger partial charge is 0.481 e. The molecule has 2 aliphatic rings. The second-order valence-corrected chi connectivity index (χ2v) is 14.1. The average Bonchev–Trinajstić information content (AvgIpc) is 3.61. The van der Waals surface area contributed by atoms with Gasteiger partial charge >= 0.3 is 15.6 Å². The van der Waals surface area contributed by atoms with E-state index in [-0.39, 0.29) is 30.0 Å². The monoisotopic (exact) mass is 676 g/mol. The molecule has 0 radical (unpaired) electrons. The predicted octanol–water partition coefficient (Wildman–Crippen LogP) is -0.630. The van der Waals surface area contributed by atoms with E-state index in [0.29, 0.717) is 24.1 Å². The molecule has 0 saturated carbocycles. The van der Waals surface area contributed by atoms with Gasteiger partial charge in [-0.3, -0.25) is 18.5 Å². The topological polar surface area (TPSA) is 278 Å². The molecule has 3 aromatic heterocycles. The number of allylic oxidation sites excluding steroid dienone is 1. The molecule has 5 rings (SSSR count). The molecule has 19 nitrogen and oxygen atoms in total. The number of aromatic nitrogens is 6. The van der Waals surface area contributed by atoms with Crippen LogP contribution in [0.15, 0.2) is 29.5 Å². The van der Waals surface area contributed by atoms with Crippen LogP contribution in [0, 0.1) is 6.92 Å². The van der Waals surface area contributed by atoms with Gasteiger partial charge in [0.25, 0.3) is 0 Å². The van der Waals surface area contributed by atoms with Crippen LogP contribution in [0.1, 0.15) is 31.0 Å². The van der Waals surface area contributed by atoms with Crippen molar-refractivity contribution in [3.63, 3.8) is 0 Å². The first-order valence-corrected chi connectivity index (χ1v) is 17.1. The lowest BCUT2D eigenvalue weighted by molar-refractivity contribution is -0.859. The molecule has 240 valence electrons. The number of nitrogen functional groups attached to an aromatic ring is 2. The Kier molecular flexibility index (Phi) is 9.72. The van der Waals surface area contributed by atoms with Crippen LogP contribution in [0.25, 0.3) is 11.2 Å². The molecule has 3 aromatic rings. The number of phosphoric ester groups is 2. The predicted molar refractivity (Wildman–Crippen MR) is 154 cm³/mol. The number of ether oxygens (including phenoxy) is 1. The van der Waals surface area contributed by atoms with Crippen LogP contribution in [-0.4, -0.2) is 86.9 Å². The number of hydrogen-bond donors (Lipinski definition) is 7. The molecule has 5 heterocycles. The first-order valence-electron chi connectivity index (χ1n) is 13.1. The van der Waals surface area contributed by atoms with Crippen LogP contribution >= 0.6 is 27.4 Å². The summed E-state index contributed by atoms with van der Waals surface area (Å²) in [5, 5.41) is 21.0. The number of nitrogens with zero attached hydrogens (tertiary/aromatic N) is 6. The lowest BCUT2D eigenvalue weighted by atomic mass is 10.1. The first-order chi connectivity index (χ1) is 20.7. The average molecular weight is 677 g/mol. The van der Waals surface area contributed by atoms with Crippen molar-refractivity contribution in [3.05, 3.63) is 40.8 Å². The Morgan fingerprint density at radius 2 is 1.84 bits per heavy atom. The Morgan fingerprint density at radius 3 is 2.59 bits per heavy atom. The summed E-state index contributed by atoms with van der Waals surface area (Å²) < 4.78 is 45.9. The standard InChI is InChI=1S/C22H31N9O10P2S/c1-11-15(44-10-30(11)6-13-5-25-12(2)29-19(13)23)3-4-38-42(34,35)41-43(36,37)39-7-14-17(32)18(33)22(40-14)31-9-28-16-20(24)26-8-27-21(16)31/h5,8-9,14,17-18,22,32-33H,3-4,6-7,10H2,1-2H3,(H,34,35)(H,36,37)(H2,23,25,29)(H2,24,26,27)/p+1/t14-,17+,18+,22-/m1/s1. The number of aliphatic hydroxyl groups excluding tert-OH is 2. The minimum absolute atomic E-state index is 0.0897. The zero-order valence-corrected chi connectivity index (χ0v) is 26.1. The number of phosphoric acid groups is 2. The number of fused-ring (bicyclic) bond motifs is 1. The highest BCUT2D eigenvalue weighted by molar-refractivity contribution is 8.03. The molecular weight excluding hydrogens is 644 g/mol. The number of nitrogens with one attached hydrogen (secondary N) is 1. The van der Waals surface area contributed by atoms with Gasteiger partial charge in [-0.1, -0.05) is 11.8 Å². The lowest BCUT2D eigenvalue weighted by Gasteiger charge is -2.19. The van der Waals surface area contributed by atoms with Crippen molar-refractivity contribution < 1.29 is 52.1 Å². The van der Waals surface area contributed by atoms with Gasteiger partial charge in [-0.25, -0.2) is 34.0 Å². The van der Waals surface area contributed by atoms with Gasteiger partial charge in [-0.2, -0.15) is 4.31 Å². The van der Waals surface area contributed by atoms with Crippen LogP contribution < -0.4 is 16.4 Å². The van der Waals surface area contributed by atoms with E-state index in [1.165, 1.54) is 29.0 Å². The van der Waals surface area contributed by atoms with E-state index in [1.54, 1.807) is 13.1 Å². The Morgan fingerprint density at radius 1 is 1.09 bits per heavy atom. The third-order valence-electron chi connectivity index (χ3n) is 6.98. The molecule has 22 heteroatoms. The zero-order chi connectivity index (χ0) is 31.8. The Balaban J connectivity index is 1.11. The van der Waals surface area contributed by atoms with Gasteiger partial charge in [0, 0.05) is 24.4 Å². The molecule has 7 atom stereocenters. The van der Waals surface area contributed by atoms with Crippen molar-refractivity contribution in [2.75, 3.05) is 30.6 Å². The minimum atomic E-state index is -5.19. The Hall–Kier alpha value is -2.58. The molecule has 3 unspecified atom stereocenters.